The maximum atomic E-state index is 12.7. The van der Waals surface area contributed by atoms with Crippen LogP contribution < -0.4 is 0 Å². The van der Waals surface area contributed by atoms with Crippen LogP contribution in [0.4, 0.5) is 0 Å². The zero-order chi connectivity index (χ0) is 14.1. The molecule has 0 spiro atoms. The third-order valence-electron chi connectivity index (χ3n) is 3.81. The molecule has 1 amide bonds. The van der Waals surface area contributed by atoms with Gasteiger partial charge in [-0.15, -0.1) is 22.7 Å². The van der Waals surface area contributed by atoms with Gasteiger partial charge in [-0.05, 0) is 36.3 Å². The van der Waals surface area contributed by atoms with Crippen molar-refractivity contribution < 1.29 is 4.79 Å². The number of amides is 1. The minimum absolute atomic E-state index is 0.144. The van der Waals surface area contributed by atoms with Gasteiger partial charge in [-0.25, -0.2) is 4.98 Å². The first-order valence-electron chi connectivity index (χ1n) is 7.06. The topological polar surface area (TPSA) is 33.2 Å². The molecule has 0 radical (unpaired) electrons. The Morgan fingerprint density at radius 3 is 3.05 bits per heavy atom. The summed E-state index contributed by atoms with van der Waals surface area (Å²) >= 11 is 3.34. The second-order valence-electron chi connectivity index (χ2n) is 4.94. The summed E-state index contributed by atoms with van der Waals surface area (Å²) < 4.78 is 0. The number of thiophene rings is 1. The molecule has 106 valence electrons. The van der Waals surface area contributed by atoms with E-state index in [1.54, 1.807) is 6.20 Å². The number of nitrogens with zero attached hydrogens (tertiary/aromatic N) is 2. The number of thiazole rings is 1. The Kier molecular flexibility index (Phi) is 3.89. The fourth-order valence-electron chi connectivity index (χ4n) is 2.79. The van der Waals surface area contributed by atoms with Crippen molar-refractivity contribution in [1.82, 2.24) is 9.88 Å². The molecule has 1 aliphatic heterocycles. The summed E-state index contributed by atoms with van der Waals surface area (Å²) in [5.74, 6) is 0.144. The highest BCUT2D eigenvalue weighted by atomic mass is 32.1. The molecule has 0 N–H and O–H groups in total. The fourth-order valence-corrected chi connectivity index (χ4v) is 4.54. The predicted octanol–water partition coefficient (Wildman–Crippen LogP) is 3.92. The van der Waals surface area contributed by atoms with Crippen molar-refractivity contribution in [2.24, 2.45) is 0 Å². The Balaban J connectivity index is 1.88. The zero-order valence-electron chi connectivity index (χ0n) is 11.8. The van der Waals surface area contributed by atoms with Crippen molar-refractivity contribution in [1.29, 1.82) is 0 Å². The Labute approximate surface area is 127 Å². The van der Waals surface area contributed by atoms with Crippen LogP contribution in [0.2, 0.25) is 0 Å². The van der Waals surface area contributed by atoms with E-state index in [1.165, 1.54) is 21.8 Å². The van der Waals surface area contributed by atoms with E-state index in [0.29, 0.717) is 0 Å². The molecule has 1 atom stereocenters. The van der Waals surface area contributed by atoms with E-state index in [4.69, 9.17) is 0 Å². The first-order valence-corrected chi connectivity index (χ1v) is 8.76. The molecule has 0 aromatic carbocycles. The van der Waals surface area contributed by atoms with Crippen molar-refractivity contribution in [2.45, 2.75) is 39.2 Å². The third-order valence-corrected chi connectivity index (χ3v) is 5.94. The molecule has 3 nitrogen and oxygen atoms in total. The summed E-state index contributed by atoms with van der Waals surface area (Å²) in [7, 11) is 0. The number of carbonyl (C=O) groups is 1. The largest absolute Gasteiger partial charge is 0.330 e. The molecule has 1 unspecified atom stereocenters. The SMILES string of the molecule is CCc1ncc(C(=O)N2CCc3sccc3C2CC)s1. The molecule has 3 heterocycles. The molecule has 5 heteroatoms. The van der Waals surface area contributed by atoms with Crippen LogP contribution in [-0.4, -0.2) is 22.3 Å². The summed E-state index contributed by atoms with van der Waals surface area (Å²) in [6, 6.07) is 2.40. The molecule has 0 saturated heterocycles. The number of hydrogen-bond acceptors (Lipinski definition) is 4. The van der Waals surface area contributed by atoms with Crippen LogP contribution in [0.5, 0.6) is 0 Å². The average molecular weight is 306 g/mol. The maximum Gasteiger partial charge on any atom is 0.266 e. The van der Waals surface area contributed by atoms with Crippen LogP contribution in [0, 0.1) is 0 Å². The minimum Gasteiger partial charge on any atom is -0.330 e. The lowest BCUT2D eigenvalue weighted by atomic mass is 9.97. The highest BCUT2D eigenvalue weighted by Gasteiger charge is 2.31. The number of rotatable bonds is 3. The van der Waals surface area contributed by atoms with Crippen molar-refractivity contribution in [3.05, 3.63) is 38.0 Å². The van der Waals surface area contributed by atoms with Crippen LogP contribution in [0.1, 0.15) is 51.4 Å². The number of aryl methyl sites for hydroxylation is 1. The Morgan fingerprint density at radius 2 is 2.35 bits per heavy atom. The van der Waals surface area contributed by atoms with Gasteiger partial charge < -0.3 is 4.90 Å². The van der Waals surface area contributed by atoms with E-state index in [1.807, 2.05) is 16.2 Å². The van der Waals surface area contributed by atoms with Crippen molar-refractivity contribution >= 4 is 28.6 Å². The Bertz CT molecular complexity index is 617. The standard InChI is InChI=1S/C15H18N2OS2/c1-3-11-10-6-8-19-12(10)5-7-17(11)15(18)13-9-16-14(4-2)20-13/h6,8-9,11H,3-5,7H2,1-2H3. The number of carbonyl (C=O) groups excluding carboxylic acids is 1. The first-order chi connectivity index (χ1) is 9.74. The second kappa shape index (κ2) is 5.66. The second-order valence-corrected chi connectivity index (χ2v) is 7.06. The molecule has 0 bridgehead atoms. The molecule has 2 aromatic heterocycles. The van der Waals surface area contributed by atoms with Gasteiger partial charge in [-0.3, -0.25) is 4.79 Å². The van der Waals surface area contributed by atoms with Crippen LogP contribution in [0.15, 0.2) is 17.6 Å². The van der Waals surface area contributed by atoms with Crippen LogP contribution in [-0.2, 0) is 12.8 Å². The highest BCUT2D eigenvalue weighted by Crippen LogP contribution is 2.36. The average Bonchev–Trinajstić information content (AvgIpc) is 3.13. The van der Waals surface area contributed by atoms with E-state index in [2.05, 4.69) is 30.3 Å². The van der Waals surface area contributed by atoms with E-state index >= 15 is 0 Å². The normalized spacial score (nSPS) is 18.1. The summed E-state index contributed by atoms with van der Waals surface area (Å²) in [6.07, 6.45) is 4.58. The van der Waals surface area contributed by atoms with Gasteiger partial charge in [0.1, 0.15) is 4.88 Å². The summed E-state index contributed by atoms with van der Waals surface area (Å²) in [5, 5.41) is 3.18. The molecule has 20 heavy (non-hydrogen) atoms. The Hall–Kier alpha value is -1.20. The van der Waals surface area contributed by atoms with E-state index in [9.17, 15) is 4.79 Å². The lowest BCUT2D eigenvalue weighted by molar-refractivity contribution is 0.0662. The number of fused-ring (bicyclic) bond motifs is 1. The van der Waals surface area contributed by atoms with Crippen LogP contribution >= 0.6 is 22.7 Å². The third kappa shape index (κ3) is 2.29. The summed E-state index contributed by atoms with van der Waals surface area (Å²) in [5.41, 5.74) is 1.34. The molecular weight excluding hydrogens is 288 g/mol. The molecule has 0 saturated carbocycles. The van der Waals surface area contributed by atoms with Gasteiger partial charge >= 0.3 is 0 Å². The summed E-state index contributed by atoms with van der Waals surface area (Å²) in [4.78, 5) is 21.3. The quantitative estimate of drug-likeness (QED) is 0.861. The van der Waals surface area contributed by atoms with Crippen LogP contribution in [0.25, 0.3) is 0 Å². The fraction of sp³-hybridized carbons (Fsp3) is 0.467. The van der Waals surface area contributed by atoms with Crippen LogP contribution in [0.3, 0.4) is 0 Å². The van der Waals surface area contributed by atoms with E-state index < -0.39 is 0 Å². The molecular formula is C15H18N2OS2. The maximum absolute atomic E-state index is 12.7. The van der Waals surface area contributed by atoms with Gasteiger partial charge in [-0.1, -0.05) is 13.8 Å². The predicted molar refractivity (Wildman–Crippen MR) is 83.6 cm³/mol. The summed E-state index contributed by atoms with van der Waals surface area (Å²) in [6.45, 7) is 5.05. The number of hydrogen-bond donors (Lipinski definition) is 0. The molecule has 1 aliphatic rings. The molecule has 3 rings (SSSR count). The van der Waals surface area contributed by atoms with Crippen molar-refractivity contribution in [3.8, 4) is 0 Å². The van der Waals surface area contributed by atoms with Gasteiger partial charge in [0, 0.05) is 11.4 Å². The van der Waals surface area contributed by atoms with E-state index in [0.717, 1.165) is 35.7 Å². The van der Waals surface area contributed by atoms with E-state index in [-0.39, 0.29) is 11.9 Å². The first kappa shape index (κ1) is 13.8. The molecule has 2 aromatic rings. The van der Waals surface area contributed by atoms with Gasteiger partial charge in [0.2, 0.25) is 0 Å². The smallest absolute Gasteiger partial charge is 0.266 e. The van der Waals surface area contributed by atoms with Crippen molar-refractivity contribution in [2.75, 3.05) is 6.54 Å². The molecule has 0 aliphatic carbocycles. The lowest BCUT2D eigenvalue weighted by Crippen LogP contribution is -2.39. The van der Waals surface area contributed by atoms with Gasteiger partial charge in [0.05, 0.1) is 17.2 Å². The molecule has 0 fully saturated rings. The minimum atomic E-state index is 0.144. The van der Waals surface area contributed by atoms with Gasteiger partial charge in [0.15, 0.2) is 0 Å². The van der Waals surface area contributed by atoms with Gasteiger partial charge in [-0.2, -0.15) is 0 Å². The zero-order valence-corrected chi connectivity index (χ0v) is 13.4. The van der Waals surface area contributed by atoms with Gasteiger partial charge in [0.25, 0.3) is 5.91 Å². The van der Waals surface area contributed by atoms with Crippen molar-refractivity contribution in [3.63, 3.8) is 0 Å². The lowest BCUT2D eigenvalue weighted by Gasteiger charge is -2.35. The monoisotopic (exact) mass is 306 g/mol. The number of aromatic nitrogens is 1. The highest BCUT2D eigenvalue weighted by molar-refractivity contribution is 7.13. The Morgan fingerprint density at radius 1 is 1.50 bits per heavy atom.